The van der Waals surface area contributed by atoms with Crippen LogP contribution in [0.15, 0.2) is 24.3 Å². The van der Waals surface area contributed by atoms with Crippen molar-refractivity contribution in [2.24, 2.45) is 5.92 Å². The minimum absolute atomic E-state index is 0.0856. The molecule has 3 heteroatoms. The van der Waals surface area contributed by atoms with Gasteiger partial charge in [-0.15, -0.1) is 0 Å². The van der Waals surface area contributed by atoms with E-state index in [1.807, 2.05) is 0 Å². The largest absolute Gasteiger partial charge is 0.508 e. The van der Waals surface area contributed by atoms with Gasteiger partial charge < -0.3 is 10.4 Å². The minimum atomic E-state index is 0.0856. The first-order chi connectivity index (χ1) is 7.61. The number of phenols is 1. The summed E-state index contributed by atoms with van der Waals surface area (Å²) < 4.78 is 0. The van der Waals surface area contributed by atoms with Crippen molar-refractivity contribution in [1.29, 1.82) is 0 Å². The second-order valence-electron chi connectivity index (χ2n) is 4.16. The molecule has 2 N–H and O–H groups in total. The molecule has 0 aliphatic rings. The summed E-state index contributed by atoms with van der Waals surface area (Å²) in [7, 11) is 0. The molecule has 1 atom stereocenters. The highest BCUT2D eigenvalue weighted by Gasteiger charge is 2.06. The zero-order valence-corrected chi connectivity index (χ0v) is 9.86. The summed E-state index contributed by atoms with van der Waals surface area (Å²) in [5.41, 5.74) is 0.996. The van der Waals surface area contributed by atoms with E-state index in [4.69, 9.17) is 5.11 Å². The fourth-order valence-corrected chi connectivity index (χ4v) is 1.35. The van der Waals surface area contributed by atoms with Gasteiger partial charge in [0.25, 0.3) is 0 Å². The monoisotopic (exact) mass is 221 g/mol. The average Bonchev–Trinajstić information content (AvgIpc) is 2.28. The topological polar surface area (TPSA) is 49.3 Å². The molecule has 0 saturated heterocycles. The summed E-state index contributed by atoms with van der Waals surface area (Å²) in [4.78, 5) is 11.5. The number of nitrogens with one attached hydrogen (secondary N) is 1. The Morgan fingerprint density at radius 3 is 2.56 bits per heavy atom. The van der Waals surface area contributed by atoms with Crippen molar-refractivity contribution in [3.05, 3.63) is 29.8 Å². The first-order valence-electron chi connectivity index (χ1n) is 5.66. The summed E-state index contributed by atoms with van der Waals surface area (Å²) in [6.45, 7) is 4.67. The lowest BCUT2D eigenvalue weighted by Crippen LogP contribution is -2.24. The Kier molecular flexibility index (Phi) is 4.83. The summed E-state index contributed by atoms with van der Waals surface area (Å²) in [5, 5.41) is 12.0. The molecular weight excluding hydrogens is 202 g/mol. The number of amides is 1. The van der Waals surface area contributed by atoms with Gasteiger partial charge in [-0.1, -0.05) is 32.4 Å². The molecule has 1 aromatic carbocycles. The number of carbonyl (C=O) groups excluding carboxylic acids is 1. The first-order valence-corrected chi connectivity index (χ1v) is 5.66. The Bertz CT molecular complexity index is 332. The van der Waals surface area contributed by atoms with Crippen LogP contribution in [0.5, 0.6) is 5.75 Å². The Labute approximate surface area is 96.5 Å². The highest BCUT2D eigenvalue weighted by molar-refractivity contribution is 5.76. The van der Waals surface area contributed by atoms with E-state index >= 15 is 0 Å². The van der Waals surface area contributed by atoms with Gasteiger partial charge in [-0.3, -0.25) is 4.79 Å². The van der Waals surface area contributed by atoms with Gasteiger partial charge in [0.05, 0.1) is 0 Å². The number of carbonyl (C=O) groups is 1. The van der Waals surface area contributed by atoms with Crippen molar-refractivity contribution in [1.82, 2.24) is 5.32 Å². The van der Waals surface area contributed by atoms with E-state index in [0.717, 1.165) is 12.0 Å². The van der Waals surface area contributed by atoms with Gasteiger partial charge in [0, 0.05) is 13.0 Å². The number of phenolic OH excluding ortho intramolecular Hbond substituents is 1. The molecule has 88 valence electrons. The van der Waals surface area contributed by atoms with Gasteiger partial charge in [0.15, 0.2) is 0 Å². The van der Waals surface area contributed by atoms with Gasteiger partial charge in [-0.2, -0.15) is 0 Å². The van der Waals surface area contributed by atoms with Crippen molar-refractivity contribution in [2.75, 3.05) is 0 Å². The summed E-state index contributed by atoms with van der Waals surface area (Å²) in [5.74, 6) is 0.761. The van der Waals surface area contributed by atoms with Crippen LogP contribution in [0.2, 0.25) is 0 Å². The van der Waals surface area contributed by atoms with E-state index < -0.39 is 0 Å². The first kappa shape index (κ1) is 12.6. The fraction of sp³-hybridized carbons (Fsp3) is 0.462. The highest BCUT2D eigenvalue weighted by atomic mass is 16.3. The molecule has 3 nitrogen and oxygen atoms in total. The average molecular weight is 221 g/mol. The third-order valence-corrected chi connectivity index (χ3v) is 2.66. The molecular formula is C13H19NO2. The van der Waals surface area contributed by atoms with Gasteiger partial charge in [0.2, 0.25) is 5.91 Å². The zero-order valence-electron chi connectivity index (χ0n) is 9.86. The van der Waals surface area contributed by atoms with E-state index in [1.165, 1.54) is 0 Å². The smallest absolute Gasteiger partial charge is 0.220 e. The van der Waals surface area contributed by atoms with Gasteiger partial charge in [-0.25, -0.2) is 0 Å². The second-order valence-corrected chi connectivity index (χ2v) is 4.16. The molecule has 0 fully saturated rings. The standard InChI is InChI=1S/C13H19NO2/c1-3-10(2)8-13(16)14-9-11-4-6-12(15)7-5-11/h4-7,10,15H,3,8-9H2,1-2H3,(H,14,16). The minimum Gasteiger partial charge on any atom is -0.508 e. The summed E-state index contributed by atoms with van der Waals surface area (Å²) in [6.07, 6.45) is 1.60. The molecule has 16 heavy (non-hydrogen) atoms. The normalized spacial score (nSPS) is 12.1. The lowest BCUT2D eigenvalue weighted by Gasteiger charge is -2.09. The van der Waals surface area contributed by atoms with Crippen molar-refractivity contribution in [3.63, 3.8) is 0 Å². The SMILES string of the molecule is CCC(C)CC(=O)NCc1ccc(O)cc1. The summed E-state index contributed by atoms with van der Waals surface area (Å²) >= 11 is 0. The number of hydrogen-bond donors (Lipinski definition) is 2. The third-order valence-electron chi connectivity index (χ3n) is 2.66. The van der Waals surface area contributed by atoms with Gasteiger partial charge in [0.1, 0.15) is 5.75 Å². The molecule has 1 unspecified atom stereocenters. The van der Waals surface area contributed by atoms with Crippen LogP contribution in [-0.4, -0.2) is 11.0 Å². The maximum absolute atomic E-state index is 11.5. The number of hydrogen-bond acceptors (Lipinski definition) is 2. The number of benzene rings is 1. The van der Waals surface area contributed by atoms with Gasteiger partial charge >= 0.3 is 0 Å². The van der Waals surface area contributed by atoms with Crippen LogP contribution in [0.3, 0.4) is 0 Å². The van der Waals surface area contributed by atoms with E-state index in [0.29, 0.717) is 18.9 Å². The predicted octanol–water partition coefficient (Wildman–Crippen LogP) is 2.44. The van der Waals surface area contributed by atoms with E-state index in [-0.39, 0.29) is 11.7 Å². The molecule has 0 bridgehead atoms. The molecule has 0 aromatic heterocycles. The van der Waals surface area contributed by atoms with Crippen LogP contribution in [0.1, 0.15) is 32.3 Å². The molecule has 0 heterocycles. The Morgan fingerprint density at radius 2 is 2.00 bits per heavy atom. The molecule has 0 spiro atoms. The van der Waals surface area contributed by atoms with E-state index in [2.05, 4.69) is 19.2 Å². The Balaban J connectivity index is 2.34. The fourth-order valence-electron chi connectivity index (χ4n) is 1.35. The quantitative estimate of drug-likeness (QED) is 0.802. The molecule has 1 amide bonds. The highest BCUT2D eigenvalue weighted by Crippen LogP contribution is 2.10. The molecule has 0 saturated carbocycles. The van der Waals surface area contributed by atoms with Gasteiger partial charge in [-0.05, 0) is 23.6 Å². The van der Waals surface area contributed by atoms with Crippen molar-refractivity contribution >= 4 is 5.91 Å². The predicted molar refractivity (Wildman–Crippen MR) is 64.0 cm³/mol. The lowest BCUT2D eigenvalue weighted by atomic mass is 10.1. The molecule has 0 radical (unpaired) electrons. The Hall–Kier alpha value is -1.51. The summed E-state index contributed by atoms with van der Waals surface area (Å²) in [6, 6.07) is 6.85. The van der Waals surface area contributed by atoms with Crippen LogP contribution in [0.4, 0.5) is 0 Å². The second kappa shape index (κ2) is 6.16. The van der Waals surface area contributed by atoms with E-state index in [1.54, 1.807) is 24.3 Å². The molecule has 1 rings (SSSR count). The van der Waals surface area contributed by atoms with Crippen molar-refractivity contribution in [3.8, 4) is 5.75 Å². The van der Waals surface area contributed by atoms with E-state index in [9.17, 15) is 4.79 Å². The third kappa shape index (κ3) is 4.34. The molecule has 0 aliphatic heterocycles. The molecule has 1 aromatic rings. The van der Waals surface area contributed by atoms with Crippen LogP contribution in [0, 0.1) is 5.92 Å². The van der Waals surface area contributed by atoms with Crippen LogP contribution in [0.25, 0.3) is 0 Å². The number of rotatable bonds is 5. The number of aromatic hydroxyl groups is 1. The Morgan fingerprint density at radius 1 is 1.38 bits per heavy atom. The van der Waals surface area contributed by atoms with Crippen LogP contribution < -0.4 is 5.32 Å². The maximum Gasteiger partial charge on any atom is 0.220 e. The van der Waals surface area contributed by atoms with Crippen molar-refractivity contribution < 1.29 is 9.90 Å². The lowest BCUT2D eigenvalue weighted by molar-refractivity contribution is -0.122. The maximum atomic E-state index is 11.5. The van der Waals surface area contributed by atoms with Crippen LogP contribution >= 0.6 is 0 Å². The van der Waals surface area contributed by atoms with Crippen molar-refractivity contribution in [2.45, 2.75) is 33.2 Å². The zero-order chi connectivity index (χ0) is 12.0. The van der Waals surface area contributed by atoms with Crippen LogP contribution in [-0.2, 0) is 11.3 Å². The molecule has 0 aliphatic carbocycles.